The van der Waals surface area contributed by atoms with Crippen molar-refractivity contribution in [3.05, 3.63) is 36.0 Å². The normalized spacial score (nSPS) is 9.93. The molecule has 2 rings (SSSR count). The second kappa shape index (κ2) is 4.23. The fraction of sp³-hybridized carbons (Fsp3) is 0.0909. The number of ether oxygens (including phenoxy) is 1. The van der Waals surface area contributed by atoms with E-state index >= 15 is 0 Å². The number of aldehydes is 1. The van der Waals surface area contributed by atoms with Crippen molar-refractivity contribution in [1.82, 2.24) is 4.37 Å². The molecule has 0 fully saturated rings. The molecule has 0 aliphatic heterocycles. The summed E-state index contributed by atoms with van der Waals surface area (Å²) < 4.78 is 9.12. The third kappa shape index (κ3) is 2.05. The molecule has 0 saturated heterocycles. The Labute approximate surface area is 91.5 Å². The molecule has 0 bridgehead atoms. The summed E-state index contributed by atoms with van der Waals surface area (Å²) in [6.07, 6.45) is 0.750. The van der Waals surface area contributed by atoms with Gasteiger partial charge in [0.05, 0.1) is 12.0 Å². The number of rotatable bonds is 3. The summed E-state index contributed by atoms with van der Waals surface area (Å²) in [5.74, 6) is 0.800. The molecule has 0 aliphatic carbocycles. The van der Waals surface area contributed by atoms with Gasteiger partial charge in [0, 0.05) is 0 Å². The molecule has 4 heteroatoms. The topological polar surface area (TPSA) is 39.2 Å². The van der Waals surface area contributed by atoms with Crippen LogP contribution in [0.5, 0.6) is 5.75 Å². The van der Waals surface area contributed by atoms with Gasteiger partial charge in [-0.15, -0.1) is 0 Å². The lowest BCUT2D eigenvalue weighted by molar-refractivity contribution is 0.112. The zero-order valence-corrected chi connectivity index (χ0v) is 8.95. The number of nitrogens with zero attached hydrogens (tertiary/aromatic N) is 1. The smallest absolute Gasteiger partial charge is 0.169 e. The molecule has 0 saturated carbocycles. The van der Waals surface area contributed by atoms with Gasteiger partial charge in [-0.05, 0) is 35.3 Å². The fourth-order valence-corrected chi connectivity index (χ4v) is 1.96. The van der Waals surface area contributed by atoms with E-state index in [1.807, 2.05) is 24.3 Å². The van der Waals surface area contributed by atoms with E-state index in [1.54, 1.807) is 13.2 Å². The standard InChI is InChI=1S/C11H9NO2S/c1-14-10-4-2-3-8(5-10)11-6-9(7-13)12-15-11/h2-7H,1H3. The van der Waals surface area contributed by atoms with Crippen LogP contribution in [0.15, 0.2) is 30.3 Å². The minimum absolute atomic E-state index is 0.470. The van der Waals surface area contributed by atoms with Gasteiger partial charge in [-0.1, -0.05) is 12.1 Å². The first-order chi connectivity index (χ1) is 7.33. The van der Waals surface area contributed by atoms with E-state index in [0.717, 1.165) is 22.5 Å². The van der Waals surface area contributed by atoms with Gasteiger partial charge in [0.2, 0.25) is 0 Å². The molecule has 1 aromatic heterocycles. The summed E-state index contributed by atoms with van der Waals surface area (Å²) >= 11 is 1.31. The molecular weight excluding hydrogens is 210 g/mol. The molecular formula is C11H9NO2S. The number of carbonyl (C=O) groups excluding carboxylic acids is 1. The SMILES string of the molecule is COc1cccc(-c2cc(C=O)ns2)c1. The monoisotopic (exact) mass is 219 g/mol. The average Bonchev–Trinajstić information content (AvgIpc) is 2.78. The Bertz CT molecular complexity index is 479. The summed E-state index contributed by atoms with van der Waals surface area (Å²) in [5.41, 5.74) is 1.48. The van der Waals surface area contributed by atoms with Crippen LogP contribution in [0.4, 0.5) is 0 Å². The van der Waals surface area contributed by atoms with E-state index < -0.39 is 0 Å². The van der Waals surface area contributed by atoms with Crippen molar-refractivity contribution in [3.8, 4) is 16.2 Å². The lowest BCUT2D eigenvalue weighted by Crippen LogP contribution is -1.82. The van der Waals surface area contributed by atoms with Crippen molar-refractivity contribution >= 4 is 17.8 Å². The predicted molar refractivity (Wildman–Crippen MR) is 59.5 cm³/mol. The molecule has 76 valence electrons. The fourth-order valence-electron chi connectivity index (χ4n) is 1.26. The van der Waals surface area contributed by atoms with Gasteiger partial charge in [-0.3, -0.25) is 4.79 Å². The number of methoxy groups -OCH3 is 1. The van der Waals surface area contributed by atoms with Gasteiger partial charge in [0.1, 0.15) is 11.4 Å². The predicted octanol–water partition coefficient (Wildman–Crippen LogP) is 2.63. The zero-order chi connectivity index (χ0) is 10.7. The molecule has 0 spiro atoms. The molecule has 15 heavy (non-hydrogen) atoms. The number of benzene rings is 1. The van der Waals surface area contributed by atoms with Crippen LogP contribution in [0.2, 0.25) is 0 Å². The van der Waals surface area contributed by atoms with E-state index in [2.05, 4.69) is 4.37 Å². The highest BCUT2D eigenvalue weighted by Gasteiger charge is 2.04. The molecule has 0 aliphatic rings. The Morgan fingerprint density at radius 3 is 2.93 bits per heavy atom. The summed E-state index contributed by atoms with van der Waals surface area (Å²) in [5, 5.41) is 0. The average molecular weight is 219 g/mol. The molecule has 0 unspecified atom stereocenters. The van der Waals surface area contributed by atoms with Crippen LogP contribution in [0, 0.1) is 0 Å². The first-order valence-electron chi connectivity index (χ1n) is 4.40. The quantitative estimate of drug-likeness (QED) is 0.745. The molecule has 0 N–H and O–H groups in total. The van der Waals surface area contributed by atoms with Crippen LogP contribution in [-0.4, -0.2) is 17.8 Å². The largest absolute Gasteiger partial charge is 0.497 e. The Hall–Kier alpha value is -1.68. The Morgan fingerprint density at radius 2 is 2.27 bits per heavy atom. The van der Waals surface area contributed by atoms with Gasteiger partial charge >= 0.3 is 0 Å². The second-order valence-corrected chi connectivity index (χ2v) is 3.77. The molecule has 0 amide bonds. The maximum Gasteiger partial charge on any atom is 0.169 e. The summed E-state index contributed by atoms with van der Waals surface area (Å²) in [4.78, 5) is 11.5. The summed E-state index contributed by atoms with van der Waals surface area (Å²) in [6, 6.07) is 9.44. The Kier molecular flexibility index (Phi) is 2.78. The zero-order valence-electron chi connectivity index (χ0n) is 8.14. The maximum atomic E-state index is 10.5. The van der Waals surface area contributed by atoms with E-state index in [9.17, 15) is 4.79 Å². The van der Waals surface area contributed by atoms with E-state index in [0.29, 0.717) is 5.69 Å². The second-order valence-electron chi connectivity index (χ2n) is 2.97. The lowest BCUT2D eigenvalue weighted by atomic mass is 10.2. The van der Waals surface area contributed by atoms with Crippen LogP contribution in [0.25, 0.3) is 10.4 Å². The van der Waals surface area contributed by atoms with E-state index in [4.69, 9.17) is 4.74 Å². The van der Waals surface area contributed by atoms with Crippen molar-refractivity contribution in [1.29, 1.82) is 0 Å². The minimum Gasteiger partial charge on any atom is -0.497 e. The Balaban J connectivity index is 2.39. The van der Waals surface area contributed by atoms with Crippen LogP contribution in [0.3, 0.4) is 0 Å². The molecule has 1 heterocycles. The molecule has 1 aromatic carbocycles. The van der Waals surface area contributed by atoms with Crippen molar-refractivity contribution in [3.63, 3.8) is 0 Å². The van der Waals surface area contributed by atoms with Crippen molar-refractivity contribution in [2.75, 3.05) is 7.11 Å². The first-order valence-corrected chi connectivity index (χ1v) is 5.17. The van der Waals surface area contributed by atoms with Crippen LogP contribution in [0.1, 0.15) is 10.5 Å². The lowest BCUT2D eigenvalue weighted by Gasteiger charge is -2.00. The van der Waals surface area contributed by atoms with E-state index in [-0.39, 0.29) is 0 Å². The van der Waals surface area contributed by atoms with E-state index in [1.165, 1.54) is 11.5 Å². The highest BCUT2D eigenvalue weighted by atomic mass is 32.1. The first kappa shape index (κ1) is 9.86. The number of carbonyl (C=O) groups is 1. The third-order valence-electron chi connectivity index (χ3n) is 2.00. The number of hydrogen-bond donors (Lipinski definition) is 0. The third-order valence-corrected chi connectivity index (χ3v) is 2.86. The van der Waals surface area contributed by atoms with Crippen LogP contribution >= 0.6 is 11.5 Å². The molecule has 0 atom stereocenters. The highest BCUT2D eigenvalue weighted by molar-refractivity contribution is 7.09. The summed E-state index contributed by atoms with van der Waals surface area (Å²) in [6.45, 7) is 0. The minimum atomic E-state index is 0.470. The van der Waals surface area contributed by atoms with Gasteiger partial charge < -0.3 is 4.74 Å². The number of hydrogen-bond acceptors (Lipinski definition) is 4. The van der Waals surface area contributed by atoms with Gasteiger partial charge in [-0.2, -0.15) is 4.37 Å². The highest BCUT2D eigenvalue weighted by Crippen LogP contribution is 2.27. The van der Waals surface area contributed by atoms with Crippen molar-refractivity contribution in [2.45, 2.75) is 0 Å². The van der Waals surface area contributed by atoms with Crippen molar-refractivity contribution < 1.29 is 9.53 Å². The number of aromatic nitrogens is 1. The van der Waals surface area contributed by atoms with Crippen molar-refractivity contribution in [2.24, 2.45) is 0 Å². The van der Waals surface area contributed by atoms with Gasteiger partial charge in [0.25, 0.3) is 0 Å². The maximum absolute atomic E-state index is 10.5. The summed E-state index contributed by atoms with van der Waals surface area (Å²) in [7, 11) is 1.63. The van der Waals surface area contributed by atoms with Gasteiger partial charge in [0.15, 0.2) is 6.29 Å². The Morgan fingerprint density at radius 1 is 1.40 bits per heavy atom. The van der Waals surface area contributed by atoms with Crippen LogP contribution in [-0.2, 0) is 0 Å². The molecule has 3 nitrogen and oxygen atoms in total. The molecule has 2 aromatic rings. The van der Waals surface area contributed by atoms with Crippen LogP contribution < -0.4 is 4.74 Å². The molecule has 0 radical (unpaired) electrons. The van der Waals surface area contributed by atoms with Gasteiger partial charge in [-0.25, -0.2) is 0 Å².